The molecule has 4 nitrogen and oxygen atoms in total. The molecule has 0 aromatic heterocycles. The molecule has 0 aliphatic carbocycles. The molecule has 0 fully saturated rings. The molecule has 0 saturated heterocycles. The molecule has 0 N–H and O–H groups in total. The van der Waals surface area contributed by atoms with E-state index >= 15 is 0 Å². The molecule has 0 unspecified atom stereocenters. The zero-order valence-electron chi connectivity index (χ0n) is 15.4. The quantitative estimate of drug-likeness (QED) is 0.361. The van der Waals surface area contributed by atoms with Gasteiger partial charge in [-0.05, 0) is 0 Å². The third kappa shape index (κ3) is 5.13. The Morgan fingerprint density at radius 3 is 2.18 bits per heavy atom. The summed E-state index contributed by atoms with van der Waals surface area (Å²) in [6, 6.07) is 23.3. The van der Waals surface area contributed by atoms with E-state index in [1.807, 2.05) is 55.5 Å². The predicted molar refractivity (Wildman–Crippen MR) is 118 cm³/mol. The Hall–Kier alpha value is -2.34. The van der Waals surface area contributed by atoms with E-state index in [0.29, 0.717) is 9.32 Å². The van der Waals surface area contributed by atoms with Gasteiger partial charge in [-0.1, -0.05) is 0 Å². The Labute approximate surface area is 173 Å². The van der Waals surface area contributed by atoms with Crippen molar-refractivity contribution in [2.75, 3.05) is 7.11 Å². The molecule has 28 heavy (non-hydrogen) atoms. The van der Waals surface area contributed by atoms with Gasteiger partial charge in [0, 0.05) is 0 Å². The molecule has 6 heteroatoms. The Bertz CT molecular complexity index is 1100. The van der Waals surface area contributed by atoms with E-state index < -0.39 is 30.4 Å². The molecule has 3 rings (SSSR count). The molecule has 0 spiro atoms. The minimum atomic E-state index is -3.94. The topological polar surface area (TPSA) is 52.6 Å². The van der Waals surface area contributed by atoms with Crippen molar-refractivity contribution in [1.29, 1.82) is 0 Å². The number of methoxy groups -OCH3 is 1. The van der Waals surface area contributed by atoms with Crippen molar-refractivity contribution in [1.82, 2.24) is 0 Å². The van der Waals surface area contributed by atoms with E-state index in [4.69, 9.17) is 7.25 Å². The third-order valence-electron chi connectivity index (χ3n) is 3.75. The summed E-state index contributed by atoms with van der Waals surface area (Å²) in [6.45, 7) is 1.90. The molecule has 144 valence electrons. The van der Waals surface area contributed by atoms with Gasteiger partial charge in [0.1, 0.15) is 0 Å². The van der Waals surface area contributed by atoms with Crippen LogP contribution in [0.2, 0.25) is 0 Å². The van der Waals surface area contributed by atoms with Crippen LogP contribution in [0.5, 0.6) is 5.75 Å². The van der Waals surface area contributed by atoms with Crippen LogP contribution in [0.4, 0.5) is 0 Å². The van der Waals surface area contributed by atoms with Crippen LogP contribution < -0.4 is 4.74 Å². The number of hydrogen-bond acceptors (Lipinski definition) is 4. The number of rotatable bonds is 5. The fourth-order valence-corrected chi connectivity index (χ4v) is 8.26. The molecular formula is C22H19IO4S. The zero-order valence-corrected chi connectivity index (χ0v) is 18.4. The number of benzene rings is 3. The summed E-state index contributed by atoms with van der Waals surface area (Å²) in [6.07, 6.45) is 0. The first-order valence-electron chi connectivity index (χ1n) is 8.41. The standard InChI is InChI=1S/C22H19IO4S/c1-18-12-14-20(15-13-18)28(24,25)27-23(17-16-19-8-4-3-5-9-19)21-10-6-7-11-22(21)26-2/h3-15H,1-2H3. The number of para-hydroxylation sites is 1. The second-order valence-electron chi connectivity index (χ2n) is 5.80. The van der Waals surface area contributed by atoms with Crippen molar-refractivity contribution in [2.24, 2.45) is 0 Å². The van der Waals surface area contributed by atoms with Gasteiger partial charge in [-0.2, -0.15) is 0 Å². The van der Waals surface area contributed by atoms with E-state index in [0.717, 1.165) is 11.1 Å². The SMILES string of the molecule is COc1ccccc1I(C#Cc1ccccc1)OS(=O)(=O)c1ccc(C)cc1. The molecule has 0 saturated carbocycles. The van der Waals surface area contributed by atoms with Gasteiger partial charge < -0.3 is 0 Å². The summed E-state index contributed by atoms with van der Waals surface area (Å²) in [5.74, 6) is 3.63. The monoisotopic (exact) mass is 506 g/mol. The maximum atomic E-state index is 12.8. The molecule has 0 amide bonds. The summed E-state index contributed by atoms with van der Waals surface area (Å²) in [5.41, 5.74) is 1.78. The van der Waals surface area contributed by atoms with Gasteiger partial charge in [0.15, 0.2) is 0 Å². The van der Waals surface area contributed by atoms with Crippen LogP contribution in [-0.2, 0) is 12.6 Å². The molecule has 0 bridgehead atoms. The van der Waals surface area contributed by atoms with Gasteiger partial charge in [0.2, 0.25) is 0 Å². The number of halogens is 1. The maximum absolute atomic E-state index is 12.8. The molecule has 0 atom stereocenters. The van der Waals surface area contributed by atoms with E-state index in [2.05, 4.69) is 9.85 Å². The second kappa shape index (κ2) is 9.24. The summed E-state index contributed by atoms with van der Waals surface area (Å²) in [4.78, 5) is 0.122. The summed E-state index contributed by atoms with van der Waals surface area (Å²) >= 11 is -2.92. The van der Waals surface area contributed by atoms with Gasteiger partial charge in [0.05, 0.1) is 0 Å². The van der Waals surface area contributed by atoms with Crippen molar-refractivity contribution in [3.8, 4) is 15.6 Å². The zero-order chi connectivity index (χ0) is 20.0. The first kappa shape index (κ1) is 20.4. The summed E-state index contributed by atoms with van der Waals surface area (Å²) < 4.78 is 40.6. The van der Waals surface area contributed by atoms with Crippen LogP contribution in [0.25, 0.3) is 0 Å². The van der Waals surface area contributed by atoms with E-state index in [9.17, 15) is 8.42 Å². The van der Waals surface area contributed by atoms with Crippen LogP contribution >= 0.6 is 20.2 Å². The fraction of sp³-hybridized carbons (Fsp3) is 0.0909. The average Bonchev–Trinajstić information content (AvgIpc) is 2.72. The van der Waals surface area contributed by atoms with Gasteiger partial charge in [-0.25, -0.2) is 0 Å². The van der Waals surface area contributed by atoms with Gasteiger partial charge in [0.25, 0.3) is 0 Å². The first-order valence-corrected chi connectivity index (χ1v) is 12.9. The molecule has 3 aromatic carbocycles. The molecule has 3 aromatic rings. The Balaban J connectivity index is 2.01. The Morgan fingerprint density at radius 2 is 1.50 bits per heavy atom. The summed E-state index contributed by atoms with van der Waals surface area (Å²) in [5, 5.41) is 0. The number of ether oxygens (including phenoxy) is 1. The molecule has 0 aliphatic rings. The third-order valence-corrected chi connectivity index (χ3v) is 10.1. The van der Waals surface area contributed by atoms with Crippen LogP contribution in [0.3, 0.4) is 0 Å². The Kier molecular flexibility index (Phi) is 6.73. The van der Waals surface area contributed by atoms with Gasteiger partial charge >= 0.3 is 174 Å². The van der Waals surface area contributed by atoms with Crippen molar-refractivity contribution >= 4 is 30.4 Å². The molecule has 0 heterocycles. The molecule has 0 radical (unpaired) electrons. The van der Waals surface area contributed by atoms with Crippen molar-refractivity contribution < 1.29 is 15.7 Å². The van der Waals surface area contributed by atoms with Gasteiger partial charge in [-0.3, -0.25) is 0 Å². The molecule has 0 aliphatic heterocycles. The van der Waals surface area contributed by atoms with E-state index in [1.165, 1.54) is 0 Å². The van der Waals surface area contributed by atoms with Crippen molar-refractivity contribution in [3.05, 3.63) is 93.6 Å². The number of aryl methyl sites for hydroxylation is 1. The molecular weight excluding hydrogens is 487 g/mol. The summed E-state index contributed by atoms with van der Waals surface area (Å²) in [7, 11) is -2.39. The Morgan fingerprint density at radius 1 is 0.857 bits per heavy atom. The minimum absolute atomic E-state index is 0.122. The normalized spacial score (nSPS) is 11.3. The first-order chi connectivity index (χ1) is 13.5. The predicted octanol–water partition coefficient (Wildman–Crippen LogP) is 5.01. The average molecular weight is 506 g/mol. The van der Waals surface area contributed by atoms with E-state index in [1.54, 1.807) is 37.4 Å². The number of hydrogen-bond donors (Lipinski definition) is 0. The van der Waals surface area contributed by atoms with Crippen LogP contribution in [0.15, 0.2) is 83.8 Å². The van der Waals surface area contributed by atoms with Gasteiger partial charge in [-0.15, -0.1) is 0 Å². The fourth-order valence-electron chi connectivity index (χ4n) is 2.30. The van der Waals surface area contributed by atoms with E-state index in [-0.39, 0.29) is 4.90 Å². The van der Waals surface area contributed by atoms with Crippen LogP contribution in [-0.4, -0.2) is 15.5 Å². The van der Waals surface area contributed by atoms with Crippen molar-refractivity contribution in [2.45, 2.75) is 11.8 Å². The van der Waals surface area contributed by atoms with Crippen molar-refractivity contribution in [3.63, 3.8) is 0 Å². The van der Waals surface area contributed by atoms with Crippen LogP contribution in [0, 0.1) is 20.3 Å². The second-order valence-corrected chi connectivity index (χ2v) is 11.5. The van der Waals surface area contributed by atoms with Crippen LogP contribution in [0.1, 0.15) is 11.1 Å².